The lowest BCUT2D eigenvalue weighted by Crippen LogP contribution is -2.31. The molecule has 6 rings (SSSR count). The second-order valence-corrected chi connectivity index (χ2v) is 9.12. The summed E-state index contributed by atoms with van der Waals surface area (Å²) < 4.78 is 63.6. The first kappa shape index (κ1) is 24.1. The number of alkyl halides is 3. The summed E-state index contributed by atoms with van der Waals surface area (Å²) in [4.78, 5) is 7.81. The molecule has 0 aliphatic carbocycles. The van der Waals surface area contributed by atoms with E-state index >= 15 is 8.78 Å². The number of fused-ring (bicyclic) bond motifs is 3. The number of hydrogen-bond donors (Lipinski definition) is 1. The van der Waals surface area contributed by atoms with Crippen molar-refractivity contribution >= 4 is 23.2 Å². The maximum absolute atomic E-state index is 15.4. The van der Waals surface area contributed by atoms with Gasteiger partial charge in [0.1, 0.15) is 18.3 Å². The van der Waals surface area contributed by atoms with E-state index in [-0.39, 0.29) is 12.4 Å². The average Bonchev–Trinajstić information content (AvgIpc) is 3.63. The molecule has 0 unspecified atom stereocenters. The molecule has 0 aromatic carbocycles. The fourth-order valence-corrected chi connectivity index (χ4v) is 4.74. The minimum atomic E-state index is -3.94. The molecule has 1 atom stereocenters. The molecule has 1 N–H and O–H groups in total. The van der Waals surface area contributed by atoms with Crippen LogP contribution in [0.2, 0.25) is 5.02 Å². The Bertz CT molecular complexity index is 1660. The zero-order valence-corrected chi connectivity index (χ0v) is 20.4. The molecule has 5 aromatic heterocycles. The number of nitrogens with zero attached hydrogens (tertiary/aromatic N) is 8. The van der Waals surface area contributed by atoms with E-state index in [2.05, 4.69) is 30.6 Å². The minimum Gasteiger partial charge on any atom is -0.342 e. The van der Waals surface area contributed by atoms with Crippen molar-refractivity contribution in [3.05, 3.63) is 77.5 Å². The number of rotatable bonds is 6. The van der Waals surface area contributed by atoms with Gasteiger partial charge in [0.2, 0.25) is 5.82 Å². The zero-order chi connectivity index (χ0) is 26.6. The molecule has 5 aromatic rings. The van der Waals surface area contributed by atoms with Gasteiger partial charge in [-0.1, -0.05) is 11.6 Å². The quantitative estimate of drug-likeness (QED) is 0.298. The van der Waals surface area contributed by atoms with E-state index in [4.69, 9.17) is 11.6 Å². The van der Waals surface area contributed by atoms with Gasteiger partial charge in [-0.15, -0.1) is 10.2 Å². The molecule has 38 heavy (non-hydrogen) atoms. The number of anilines is 2. The maximum atomic E-state index is 15.4. The summed E-state index contributed by atoms with van der Waals surface area (Å²) >= 11 is 6.46. The topological polar surface area (TPSA) is 91.3 Å². The molecule has 14 heteroatoms. The van der Waals surface area contributed by atoms with Gasteiger partial charge in [0.15, 0.2) is 17.3 Å². The smallest absolute Gasteiger partial charge is 0.342 e. The lowest BCUT2D eigenvalue weighted by Gasteiger charge is -2.27. The summed E-state index contributed by atoms with van der Waals surface area (Å²) in [5.74, 6) is -4.79. The Morgan fingerprint density at radius 1 is 1.16 bits per heavy atom. The molecule has 6 heterocycles. The van der Waals surface area contributed by atoms with Gasteiger partial charge in [-0.05, 0) is 24.3 Å². The summed E-state index contributed by atoms with van der Waals surface area (Å²) in [7, 11) is 1.78. The summed E-state index contributed by atoms with van der Waals surface area (Å²) in [5.41, 5.74) is 0.567. The van der Waals surface area contributed by atoms with E-state index in [1.165, 1.54) is 12.3 Å². The highest BCUT2D eigenvalue weighted by Crippen LogP contribution is 2.42. The molecule has 0 bridgehead atoms. The number of aryl methyl sites for hydroxylation is 1. The molecule has 0 radical (unpaired) electrons. The highest BCUT2D eigenvalue weighted by Gasteiger charge is 2.46. The van der Waals surface area contributed by atoms with Gasteiger partial charge in [-0.3, -0.25) is 14.2 Å². The lowest BCUT2D eigenvalue weighted by molar-refractivity contribution is 0.0173. The number of nitrogens with one attached hydrogen (secondary N) is 1. The van der Waals surface area contributed by atoms with Crippen LogP contribution in [0.25, 0.3) is 22.6 Å². The molecule has 0 fully saturated rings. The van der Waals surface area contributed by atoms with Gasteiger partial charge < -0.3 is 9.88 Å². The fraction of sp³-hybridized carbons (Fsp3) is 0.208. The minimum absolute atomic E-state index is 0.0213. The Kier molecular flexibility index (Phi) is 5.67. The van der Waals surface area contributed by atoms with Crippen LogP contribution in [0.3, 0.4) is 0 Å². The molecule has 194 valence electrons. The van der Waals surface area contributed by atoms with Gasteiger partial charge in [-0.25, -0.2) is 13.8 Å². The number of aromatic nitrogens is 8. The van der Waals surface area contributed by atoms with Gasteiger partial charge >= 0.3 is 5.92 Å². The predicted octanol–water partition coefficient (Wildman–Crippen LogP) is 5.14. The van der Waals surface area contributed by atoms with Gasteiger partial charge in [0.05, 0.1) is 23.0 Å². The average molecular weight is 544 g/mol. The standard InChI is InChI=1S/C24H18ClF4N9/c1-36-20(4-6-32-36)33-19-8-15(16(25)10-31-19)13-7-18-22-34-35-23(38(22)14(9-26)12-37(18)11-13)24(28,29)21-17(27)3-2-5-30-21/h2-8,10-11,14H,9,12H2,1H3,(H,31,33)/t14-/m0/s1. The van der Waals surface area contributed by atoms with Crippen LogP contribution < -0.4 is 5.32 Å². The molecule has 1 aliphatic rings. The van der Waals surface area contributed by atoms with E-state index in [9.17, 15) is 8.78 Å². The van der Waals surface area contributed by atoms with E-state index in [0.717, 1.165) is 16.8 Å². The van der Waals surface area contributed by atoms with Crippen molar-refractivity contribution in [1.29, 1.82) is 0 Å². The molecule has 0 saturated heterocycles. The van der Waals surface area contributed by atoms with Crippen molar-refractivity contribution in [1.82, 2.24) is 39.1 Å². The van der Waals surface area contributed by atoms with Crippen molar-refractivity contribution < 1.29 is 17.6 Å². The van der Waals surface area contributed by atoms with Gasteiger partial charge in [0, 0.05) is 49.4 Å². The first-order valence-corrected chi connectivity index (χ1v) is 11.8. The molecule has 1 aliphatic heterocycles. The molecular formula is C24H18ClF4N9. The van der Waals surface area contributed by atoms with Crippen LogP contribution in [0, 0.1) is 5.82 Å². The van der Waals surface area contributed by atoms with E-state index < -0.39 is 36.0 Å². The summed E-state index contributed by atoms with van der Waals surface area (Å²) in [6, 6.07) is 6.25. The summed E-state index contributed by atoms with van der Waals surface area (Å²) in [5, 5.41) is 15.2. The first-order valence-electron chi connectivity index (χ1n) is 11.4. The molecule has 0 spiro atoms. The van der Waals surface area contributed by atoms with Crippen LogP contribution in [-0.2, 0) is 19.5 Å². The van der Waals surface area contributed by atoms with Gasteiger partial charge in [0.25, 0.3) is 0 Å². The maximum Gasteiger partial charge on any atom is 0.351 e. The van der Waals surface area contributed by atoms with Crippen LogP contribution in [0.5, 0.6) is 0 Å². The summed E-state index contributed by atoms with van der Waals surface area (Å²) in [6.45, 7) is -0.950. The highest BCUT2D eigenvalue weighted by atomic mass is 35.5. The molecular weight excluding hydrogens is 526 g/mol. The van der Waals surface area contributed by atoms with Crippen LogP contribution in [0.4, 0.5) is 29.2 Å². The lowest BCUT2D eigenvalue weighted by atomic mass is 10.1. The largest absolute Gasteiger partial charge is 0.351 e. The van der Waals surface area contributed by atoms with Crippen molar-refractivity contribution in [2.75, 3.05) is 12.0 Å². The third-order valence-electron chi connectivity index (χ3n) is 6.35. The summed E-state index contributed by atoms with van der Waals surface area (Å²) in [6.07, 6.45) is 5.92. The molecule has 0 saturated carbocycles. The Hall–Kier alpha value is -4.26. The zero-order valence-electron chi connectivity index (χ0n) is 19.7. The van der Waals surface area contributed by atoms with E-state index in [0.29, 0.717) is 33.5 Å². The van der Waals surface area contributed by atoms with Crippen molar-refractivity contribution in [3.8, 4) is 22.6 Å². The van der Waals surface area contributed by atoms with Gasteiger partial charge in [-0.2, -0.15) is 13.9 Å². The SMILES string of the molecule is Cn1nccc1Nc1cc(-c2cc3n(c2)C[C@H](CF)n2c-3nnc2C(F)(F)c2ncccc2F)c(Cl)cn1. The number of hydrogen-bond acceptors (Lipinski definition) is 6. The Labute approximate surface area is 217 Å². The first-order chi connectivity index (χ1) is 18.3. The fourth-order valence-electron chi connectivity index (χ4n) is 4.53. The Morgan fingerprint density at radius 3 is 2.74 bits per heavy atom. The predicted molar refractivity (Wildman–Crippen MR) is 130 cm³/mol. The third kappa shape index (κ3) is 3.81. The molecule has 0 amide bonds. The number of halogens is 5. The van der Waals surface area contributed by atoms with Crippen LogP contribution in [-0.4, -0.2) is 45.8 Å². The second kappa shape index (κ2) is 8.94. The van der Waals surface area contributed by atoms with E-state index in [1.807, 2.05) is 0 Å². The Balaban J connectivity index is 1.42. The van der Waals surface area contributed by atoms with Crippen LogP contribution in [0.1, 0.15) is 17.6 Å². The van der Waals surface area contributed by atoms with E-state index in [1.54, 1.807) is 46.9 Å². The van der Waals surface area contributed by atoms with Crippen molar-refractivity contribution in [2.24, 2.45) is 7.05 Å². The van der Waals surface area contributed by atoms with Crippen molar-refractivity contribution in [3.63, 3.8) is 0 Å². The number of pyridine rings is 2. The monoisotopic (exact) mass is 543 g/mol. The normalized spacial score (nSPS) is 14.8. The second-order valence-electron chi connectivity index (χ2n) is 8.71. The highest BCUT2D eigenvalue weighted by molar-refractivity contribution is 6.33. The molecule has 9 nitrogen and oxygen atoms in total. The Morgan fingerprint density at radius 2 is 2.00 bits per heavy atom. The van der Waals surface area contributed by atoms with Crippen molar-refractivity contribution in [2.45, 2.75) is 18.5 Å². The van der Waals surface area contributed by atoms with Crippen LogP contribution >= 0.6 is 11.6 Å². The van der Waals surface area contributed by atoms with Crippen LogP contribution in [0.15, 0.2) is 55.1 Å². The third-order valence-corrected chi connectivity index (χ3v) is 6.65.